The van der Waals surface area contributed by atoms with Crippen LogP contribution in [0.25, 0.3) is 0 Å². The molecule has 0 aliphatic heterocycles. The lowest BCUT2D eigenvalue weighted by molar-refractivity contribution is -0.388. The number of nitro benzene ring substituents is 1. The maximum Gasteiger partial charge on any atom is 0.318 e. The number of hydrogen-bond donors (Lipinski definition) is 1. The van der Waals surface area contributed by atoms with Gasteiger partial charge in [-0.1, -0.05) is 19.1 Å². The standard InChI is InChI=1S/C13H18N2O6S/c1-4-7-14(8-11(16)17)22(20,21)13-10(3)6-5-9(2)12(13)15(18)19/h5-6H,4,7-8H2,1-3H3,(H,16,17). The Kier molecular flexibility index (Phi) is 5.61. The highest BCUT2D eigenvalue weighted by Gasteiger charge is 2.35. The SMILES string of the molecule is CCCN(CC(=O)O)S(=O)(=O)c1c(C)ccc(C)c1[N+](=O)[O-]. The summed E-state index contributed by atoms with van der Waals surface area (Å²) < 4.78 is 26.2. The van der Waals surface area contributed by atoms with E-state index in [-0.39, 0.29) is 17.7 Å². The van der Waals surface area contributed by atoms with Crippen molar-refractivity contribution in [2.24, 2.45) is 0 Å². The molecule has 1 N–H and O–H groups in total. The lowest BCUT2D eigenvalue weighted by Crippen LogP contribution is -2.37. The van der Waals surface area contributed by atoms with E-state index in [1.165, 1.54) is 26.0 Å². The van der Waals surface area contributed by atoms with Crippen LogP contribution in [-0.2, 0) is 14.8 Å². The van der Waals surface area contributed by atoms with Gasteiger partial charge in [-0.2, -0.15) is 4.31 Å². The van der Waals surface area contributed by atoms with E-state index in [4.69, 9.17) is 5.11 Å². The Morgan fingerprint density at radius 1 is 1.32 bits per heavy atom. The lowest BCUT2D eigenvalue weighted by Gasteiger charge is -2.21. The maximum absolute atomic E-state index is 12.7. The quantitative estimate of drug-likeness (QED) is 0.600. The molecular weight excluding hydrogens is 312 g/mol. The molecule has 0 unspecified atom stereocenters. The largest absolute Gasteiger partial charge is 0.480 e. The van der Waals surface area contributed by atoms with Crippen LogP contribution in [0.15, 0.2) is 17.0 Å². The number of nitro groups is 1. The van der Waals surface area contributed by atoms with Gasteiger partial charge in [-0.15, -0.1) is 0 Å². The molecule has 0 atom stereocenters. The van der Waals surface area contributed by atoms with Crippen LogP contribution in [-0.4, -0.2) is 41.8 Å². The van der Waals surface area contributed by atoms with E-state index in [2.05, 4.69) is 0 Å². The second kappa shape index (κ2) is 6.84. The zero-order valence-electron chi connectivity index (χ0n) is 12.6. The molecule has 0 fully saturated rings. The van der Waals surface area contributed by atoms with Crippen LogP contribution in [0.5, 0.6) is 0 Å². The highest BCUT2D eigenvalue weighted by Crippen LogP contribution is 2.32. The molecule has 1 aromatic carbocycles. The van der Waals surface area contributed by atoms with Crippen molar-refractivity contribution in [3.05, 3.63) is 33.4 Å². The first-order valence-electron chi connectivity index (χ1n) is 6.59. The molecule has 8 nitrogen and oxygen atoms in total. The van der Waals surface area contributed by atoms with Crippen molar-refractivity contribution in [3.63, 3.8) is 0 Å². The van der Waals surface area contributed by atoms with Crippen molar-refractivity contribution in [2.75, 3.05) is 13.1 Å². The van der Waals surface area contributed by atoms with E-state index in [0.717, 1.165) is 4.31 Å². The van der Waals surface area contributed by atoms with E-state index in [1.807, 2.05) is 0 Å². The van der Waals surface area contributed by atoms with Gasteiger partial charge >= 0.3 is 5.97 Å². The molecule has 0 amide bonds. The highest BCUT2D eigenvalue weighted by atomic mass is 32.2. The van der Waals surface area contributed by atoms with Gasteiger partial charge in [0.2, 0.25) is 0 Å². The predicted molar refractivity (Wildman–Crippen MR) is 79.3 cm³/mol. The van der Waals surface area contributed by atoms with Crippen LogP contribution in [0.2, 0.25) is 0 Å². The van der Waals surface area contributed by atoms with Crippen molar-refractivity contribution in [2.45, 2.75) is 32.1 Å². The van der Waals surface area contributed by atoms with Gasteiger partial charge < -0.3 is 5.11 Å². The summed E-state index contributed by atoms with van der Waals surface area (Å²) in [5.74, 6) is -1.31. The average molecular weight is 330 g/mol. The summed E-state index contributed by atoms with van der Waals surface area (Å²) in [4.78, 5) is 21.0. The Labute approximate surface area is 128 Å². The summed E-state index contributed by atoms with van der Waals surface area (Å²) in [6, 6.07) is 2.94. The van der Waals surface area contributed by atoms with Crippen LogP contribution in [0.3, 0.4) is 0 Å². The van der Waals surface area contributed by atoms with Crippen molar-refractivity contribution in [3.8, 4) is 0 Å². The fraction of sp³-hybridized carbons (Fsp3) is 0.462. The number of carboxylic acid groups (broad SMARTS) is 1. The van der Waals surface area contributed by atoms with Crippen molar-refractivity contribution in [1.82, 2.24) is 4.31 Å². The number of aliphatic carboxylic acids is 1. The normalized spacial score (nSPS) is 11.6. The summed E-state index contributed by atoms with van der Waals surface area (Å²) in [5, 5.41) is 20.1. The van der Waals surface area contributed by atoms with Crippen LogP contribution in [0.4, 0.5) is 5.69 Å². The first-order chi connectivity index (χ1) is 10.1. The monoisotopic (exact) mass is 330 g/mol. The molecule has 9 heteroatoms. The summed E-state index contributed by atoms with van der Waals surface area (Å²) in [6.07, 6.45) is 0.394. The van der Waals surface area contributed by atoms with Crippen LogP contribution < -0.4 is 0 Å². The van der Waals surface area contributed by atoms with Gasteiger partial charge in [-0.05, 0) is 25.8 Å². The molecule has 22 heavy (non-hydrogen) atoms. The molecule has 0 bridgehead atoms. The Morgan fingerprint density at radius 3 is 2.32 bits per heavy atom. The van der Waals surface area contributed by atoms with Crippen molar-refractivity contribution in [1.29, 1.82) is 0 Å². The molecule has 0 spiro atoms. The van der Waals surface area contributed by atoms with Gasteiger partial charge in [0.1, 0.15) is 6.54 Å². The van der Waals surface area contributed by atoms with Gasteiger partial charge in [-0.3, -0.25) is 14.9 Å². The number of benzene rings is 1. The zero-order chi connectivity index (χ0) is 17.1. The maximum atomic E-state index is 12.7. The second-order valence-corrected chi connectivity index (χ2v) is 6.74. The molecule has 122 valence electrons. The summed E-state index contributed by atoms with van der Waals surface area (Å²) >= 11 is 0. The van der Waals surface area contributed by atoms with Crippen molar-refractivity contribution < 1.29 is 23.2 Å². The first kappa shape index (κ1) is 18.1. The zero-order valence-corrected chi connectivity index (χ0v) is 13.4. The molecule has 0 saturated heterocycles. The molecule has 0 aliphatic carbocycles. The number of sulfonamides is 1. The number of carboxylic acids is 1. The predicted octanol–water partition coefficient (Wildman–Crippen LogP) is 1.70. The molecule has 1 aromatic rings. The fourth-order valence-corrected chi connectivity index (χ4v) is 4.05. The average Bonchev–Trinajstić information content (AvgIpc) is 2.39. The van der Waals surface area contributed by atoms with E-state index >= 15 is 0 Å². The molecule has 1 rings (SSSR count). The van der Waals surface area contributed by atoms with Crippen molar-refractivity contribution >= 4 is 21.7 Å². The number of aryl methyl sites for hydroxylation is 2. The van der Waals surface area contributed by atoms with Gasteiger partial charge in [0, 0.05) is 12.1 Å². The van der Waals surface area contributed by atoms with Gasteiger partial charge in [0.05, 0.1) is 4.92 Å². The minimum Gasteiger partial charge on any atom is -0.480 e. The number of nitrogens with zero attached hydrogens (tertiary/aromatic N) is 2. The Bertz CT molecular complexity index is 699. The second-order valence-electron chi connectivity index (χ2n) is 4.87. The summed E-state index contributed by atoms with van der Waals surface area (Å²) in [6.45, 7) is 3.82. The Morgan fingerprint density at radius 2 is 1.86 bits per heavy atom. The minimum absolute atomic E-state index is 0.0286. The van der Waals surface area contributed by atoms with Crippen LogP contribution in [0.1, 0.15) is 24.5 Å². The minimum atomic E-state index is -4.28. The molecule has 0 aliphatic rings. The van der Waals surface area contributed by atoms with E-state index in [0.29, 0.717) is 6.42 Å². The van der Waals surface area contributed by atoms with Crippen LogP contribution >= 0.6 is 0 Å². The fourth-order valence-electron chi connectivity index (χ4n) is 2.14. The number of hydrogen-bond acceptors (Lipinski definition) is 5. The lowest BCUT2D eigenvalue weighted by atomic mass is 10.1. The summed E-state index contributed by atoms with van der Waals surface area (Å²) in [5.41, 5.74) is -0.0868. The Hall–Kier alpha value is -2.00. The highest BCUT2D eigenvalue weighted by molar-refractivity contribution is 7.89. The van der Waals surface area contributed by atoms with E-state index in [1.54, 1.807) is 6.92 Å². The topological polar surface area (TPSA) is 118 Å². The Balaban J connectivity index is 3.59. The third-order valence-electron chi connectivity index (χ3n) is 3.10. The molecule has 0 heterocycles. The van der Waals surface area contributed by atoms with Gasteiger partial charge in [0.25, 0.3) is 15.7 Å². The molecule has 0 saturated carbocycles. The number of carbonyl (C=O) groups is 1. The molecule has 0 aromatic heterocycles. The third kappa shape index (κ3) is 3.60. The smallest absolute Gasteiger partial charge is 0.318 e. The molecule has 0 radical (unpaired) electrons. The van der Waals surface area contributed by atoms with Crippen LogP contribution in [0, 0.1) is 24.0 Å². The molecular formula is C13H18N2O6S. The van der Waals surface area contributed by atoms with E-state index < -0.39 is 38.0 Å². The van der Waals surface area contributed by atoms with Gasteiger partial charge in [-0.25, -0.2) is 8.42 Å². The first-order valence-corrected chi connectivity index (χ1v) is 8.03. The number of rotatable bonds is 7. The van der Waals surface area contributed by atoms with E-state index in [9.17, 15) is 23.3 Å². The third-order valence-corrected chi connectivity index (χ3v) is 5.12. The summed E-state index contributed by atoms with van der Waals surface area (Å²) in [7, 11) is -4.28. The van der Waals surface area contributed by atoms with Gasteiger partial charge in [0.15, 0.2) is 4.90 Å².